The van der Waals surface area contributed by atoms with Crippen molar-refractivity contribution in [2.24, 2.45) is 0 Å². The summed E-state index contributed by atoms with van der Waals surface area (Å²) >= 11 is 5.63. The Kier molecular flexibility index (Phi) is 2.72. The Balaban J connectivity index is 3.13. The molecule has 0 aliphatic rings. The molecule has 0 aromatic carbocycles. The number of nitrogen functional groups attached to an aromatic ring is 1. The summed E-state index contributed by atoms with van der Waals surface area (Å²) in [5.74, 6) is -0.179. The van der Waals surface area contributed by atoms with E-state index in [1.165, 1.54) is 17.2 Å². The van der Waals surface area contributed by atoms with E-state index in [0.717, 1.165) is 0 Å². The van der Waals surface area contributed by atoms with Crippen LogP contribution in [0.1, 0.15) is 10.4 Å². The molecule has 0 atom stereocenters. The van der Waals surface area contributed by atoms with Crippen LogP contribution in [-0.2, 0) is 0 Å². The third-order valence-electron chi connectivity index (χ3n) is 1.54. The maximum Gasteiger partial charge on any atom is 0.255 e. The van der Waals surface area contributed by atoms with Crippen molar-refractivity contribution in [3.05, 3.63) is 23.0 Å². The van der Waals surface area contributed by atoms with Crippen molar-refractivity contribution in [2.45, 2.75) is 0 Å². The van der Waals surface area contributed by atoms with Gasteiger partial charge in [0, 0.05) is 14.1 Å². The van der Waals surface area contributed by atoms with E-state index < -0.39 is 0 Å². The van der Waals surface area contributed by atoms with Gasteiger partial charge in [-0.3, -0.25) is 4.79 Å². The molecule has 0 saturated heterocycles. The van der Waals surface area contributed by atoms with Crippen LogP contribution in [0.4, 0.5) is 5.69 Å². The zero-order valence-corrected chi connectivity index (χ0v) is 8.17. The fourth-order valence-electron chi connectivity index (χ4n) is 0.867. The lowest BCUT2D eigenvalue weighted by atomic mass is 10.2. The summed E-state index contributed by atoms with van der Waals surface area (Å²) < 4.78 is 0. The van der Waals surface area contributed by atoms with E-state index >= 15 is 0 Å². The Bertz CT molecular complexity index is 338. The van der Waals surface area contributed by atoms with Gasteiger partial charge in [-0.1, -0.05) is 11.6 Å². The van der Waals surface area contributed by atoms with Gasteiger partial charge >= 0.3 is 0 Å². The van der Waals surface area contributed by atoms with Gasteiger partial charge in [-0.05, 0) is 6.07 Å². The van der Waals surface area contributed by atoms with Crippen molar-refractivity contribution in [2.75, 3.05) is 19.8 Å². The van der Waals surface area contributed by atoms with Gasteiger partial charge in [-0.15, -0.1) is 0 Å². The van der Waals surface area contributed by atoms with Crippen molar-refractivity contribution < 1.29 is 4.79 Å². The van der Waals surface area contributed by atoms with Gasteiger partial charge < -0.3 is 10.6 Å². The van der Waals surface area contributed by atoms with Crippen molar-refractivity contribution >= 4 is 23.2 Å². The highest BCUT2D eigenvalue weighted by atomic mass is 35.5. The molecule has 0 spiro atoms. The summed E-state index contributed by atoms with van der Waals surface area (Å²) in [5, 5.41) is 0.263. The van der Waals surface area contributed by atoms with Crippen LogP contribution in [0.3, 0.4) is 0 Å². The Morgan fingerprint density at radius 3 is 2.77 bits per heavy atom. The molecule has 70 valence electrons. The van der Waals surface area contributed by atoms with Crippen LogP contribution in [0.15, 0.2) is 12.3 Å². The first-order chi connectivity index (χ1) is 6.02. The fourth-order valence-corrected chi connectivity index (χ4v) is 1.02. The minimum Gasteiger partial charge on any atom is -0.397 e. The third kappa shape index (κ3) is 2.09. The van der Waals surface area contributed by atoms with Gasteiger partial charge in [0.2, 0.25) is 0 Å². The predicted molar refractivity (Wildman–Crippen MR) is 51.7 cm³/mol. The van der Waals surface area contributed by atoms with Gasteiger partial charge in [-0.2, -0.15) is 0 Å². The molecule has 1 aromatic heterocycles. The molecule has 4 nitrogen and oxygen atoms in total. The van der Waals surface area contributed by atoms with Crippen LogP contribution >= 0.6 is 11.6 Å². The Morgan fingerprint density at radius 1 is 1.62 bits per heavy atom. The number of rotatable bonds is 1. The molecule has 0 aliphatic carbocycles. The number of anilines is 1. The summed E-state index contributed by atoms with van der Waals surface area (Å²) in [4.78, 5) is 16.7. The predicted octanol–water partition coefficient (Wildman–Crippen LogP) is 1.02. The lowest BCUT2D eigenvalue weighted by Crippen LogP contribution is -2.22. The number of hydrogen-bond acceptors (Lipinski definition) is 3. The second kappa shape index (κ2) is 3.62. The van der Waals surface area contributed by atoms with Crippen LogP contribution in [0.5, 0.6) is 0 Å². The minimum absolute atomic E-state index is 0.179. The first kappa shape index (κ1) is 9.80. The first-order valence-electron chi connectivity index (χ1n) is 3.65. The van der Waals surface area contributed by atoms with Gasteiger partial charge in [0.1, 0.15) is 5.15 Å². The molecule has 0 aliphatic heterocycles. The van der Waals surface area contributed by atoms with E-state index in [2.05, 4.69) is 4.98 Å². The molecule has 1 rings (SSSR count). The third-order valence-corrected chi connectivity index (χ3v) is 1.74. The smallest absolute Gasteiger partial charge is 0.255 e. The number of aromatic nitrogens is 1. The summed E-state index contributed by atoms with van der Waals surface area (Å²) in [6, 6.07) is 1.46. The molecule has 0 fully saturated rings. The van der Waals surface area contributed by atoms with E-state index in [1.54, 1.807) is 14.1 Å². The molecule has 0 saturated carbocycles. The minimum atomic E-state index is -0.179. The number of halogens is 1. The summed E-state index contributed by atoms with van der Waals surface area (Å²) in [6.45, 7) is 0. The number of amides is 1. The maximum atomic E-state index is 11.5. The Labute approximate surface area is 81.3 Å². The molecular weight excluding hydrogens is 190 g/mol. The highest BCUT2D eigenvalue weighted by Gasteiger charge is 2.12. The van der Waals surface area contributed by atoms with E-state index in [-0.39, 0.29) is 11.1 Å². The fraction of sp³-hybridized carbons (Fsp3) is 0.250. The molecule has 5 heteroatoms. The molecule has 1 aromatic rings. The molecule has 0 unspecified atom stereocenters. The first-order valence-corrected chi connectivity index (χ1v) is 4.03. The number of carbonyl (C=O) groups is 1. The standard InChI is InChI=1S/C8H10ClN3O/c1-12(2)8(13)5-3-7(9)11-4-6(5)10/h3-4H,10H2,1-2H3. The number of hydrogen-bond donors (Lipinski definition) is 1. The second-order valence-corrected chi connectivity index (χ2v) is 3.18. The second-order valence-electron chi connectivity index (χ2n) is 2.79. The maximum absolute atomic E-state index is 11.5. The zero-order valence-electron chi connectivity index (χ0n) is 7.41. The van der Waals surface area contributed by atoms with E-state index in [1.807, 2.05) is 0 Å². The van der Waals surface area contributed by atoms with E-state index in [0.29, 0.717) is 11.3 Å². The van der Waals surface area contributed by atoms with Gasteiger partial charge in [0.05, 0.1) is 17.4 Å². The van der Waals surface area contributed by atoms with Crippen LogP contribution < -0.4 is 5.73 Å². The topological polar surface area (TPSA) is 59.2 Å². The lowest BCUT2D eigenvalue weighted by Gasteiger charge is -2.11. The average molecular weight is 200 g/mol. The van der Waals surface area contributed by atoms with Crippen molar-refractivity contribution in [1.29, 1.82) is 0 Å². The van der Waals surface area contributed by atoms with Crippen LogP contribution in [0.25, 0.3) is 0 Å². The monoisotopic (exact) mass is 199 g/mol. The highest BCUT2D eigenvalue weighted by molar-refractivity contribution is 6.29. The molecule has 13 heavy (non-hydrogen) atoms. The quantitative estimate of drug-likeness (QED) is 0.687. The molecule has 2 N–H and O–H groups in total. The molecule has 1 amide bonds. The molecule has 0 bridgehead atoms. The van der Waals surface area contributed by atoms with Crippen molar-refractivity contribution in [1.82, 2.24) is 9.88 Å². The molecule has 1 heterocycles. The van der Waals surface area contributed by atoms with E-state index in [4.69, 9.17) is 17.3 Å². The number of carbonyl (C=O) groups excluding carboxylic acids is 1. The average Bonchev–Trinajstić information content (AvgIpc) is 2.08. The Hall–Kier alpha value is -1.29. The summed E-state index contributed by atoms with van der Waals surface area (Å²) in [7, 11) is 3.30. The Morgan fingerprint density at radius 2 is 2.23 bits per heavy atom. The van der Waals surface area contributed by atoms with Crippen LogP contribution in [0, 0.1) is 0 Å². The summed E-state index contributed by atoms with van der Waals surface area (Å²) in [6.07, 6.45) is 1.37. The SMILES string of the molecule is CN(C)C(=O)c1cc(Cl)ncc1N. The van der Waals surface area contributed by atoms with Crippen LogP contribution in [-0.4, -0.2) is 29.9 Å². The van der Waals surface area contributed by atoms with Gasteiger partial charge in [0.25, 0.3) is 5.91 Å². The van der Waals surface area contributed by atoms with Crippen molar-refractivity contribution in [3.8, 4) is 0 Å². The van der Waals surface area contributed by atoms with Crippen LogP contribution in [0.2, 0.25) is 5.15 Å². The molecular formula is C8H10ClN3O. The number of nitrogens with two attached hydrogens (primary N) is 1. The number of pyridine rings is 1. The van der Waals surface area contributed by atoms with Gasteiger partial charge in [-0.25, -0.2) is 4.98 Å². The largest absolute Gasteiger partial charge is 0.397 e. The van der Waals surface area contributed by atoms with Crippen molar-refractivity contribution in [3.63, 3.8) is 0 Å². The normalized spacial score (nSPS) is 9.77. The molecule has 0 radical (unpaired) electrons. The summed E-state index contributed by atoms with van der Waals surface area (Å²) in [5.41, 5.74) is 6.28. The zero-order chi connectivity index (χ0) is 10.0. The highest BCUT2D eigenvalue weighted by Crippen LogP contribution is 2.15. The van der Waals surface area contributed by atoms with E-state index in [9.17, 15) is 4.79 Å². The number of nitrogens with zero attached hydrogens (tertiary/aromatic N) is 2. The lowest BCUT2D eigenvalue weighted by molar-refractivity contribution is 0.0828. The van der Waals surface area contributed by atoms with Gasteiger partial charge in [0.15, 0.2) is 0 Å².